The molecular formula is C16H33N3O. The third-order valence-corrected chi connectivity index (χ3v) is 5.40. The van der Waals surface area contributed by atoms with Crippen molar-refractivity contribution in [3.05, 3.63) is 0 Å². The Morgan fingerprint density at radius 3 is 2.75 bits per heavy atom. The van der Waals surface area contributed by atoms with Gasteiger partial charge in [-0.2, -0.15) is 0 Å². The van der Waals surface area contributed by atoms with Crippen LogP contribution in [0.1, 0.15) is 45.4 Å². The predicted molar refractivity (Wildman–Crippen MR) is 84.0 cm³/mol. The quantitative estimate of drug-likeness (QED) is 0.834. The van der Waals surface area contributed by atoms with Crippen LogP contribution in [0.4, 0.5) is 0 Å². The Kier molecular flexibility index (Phi) is 6.27. The molecule has 0 radical (unpaired) electrons. The minimum absolute atomic E-state index is 0.185. The highest BCUT2D eigenvalue weighted by Gasteiger charge is 2.36. The topological polar surface area (TPSA) is 41.7 Å². The lowest BCUT2D eigenvalue weighted by atomic mass is 9.88. The zero-order chi connectivity index (χ0) is 14.4. The van der Waals surface area contributed by atoms with Crippen LogP contribution in [0.3, 0.4) is 0 Å². The van der Waals surface area contributed by atoms with Crippen molar-refractivity contribution in [2.75, 3.05) is 46.4 Å². The maximum atomic E-state index is 6.20. The zero-order valence-corrected chi connectivity index (χ0v) is 13.4. The Morgan fingerprint density at radius 1 is 1.25 bits per heavy atom. The smallest absolute Gasteiger partial charge is 0.0702 e. The van der Waals surface area contributed by atoms with Gasteiger partial charge in [0.25, 0.3) is 0 Å². The number of ether oxygens (including phenoxy) is 1. The number of hydrogen-bond donors (Lipinski definition) is 1. The lowest BCUT2D eigenvalue weighted by molar-refractivity contribution is -0.0253. The standard InChI is InChI=1S/C16H33N3O/c1-3-19-10-6-8-16(14-17,9-11-19)18(2)13-15-7-4-5-12-20-15/h15H,3-14,17H2,1-2H3. The molecular weight excluding hydrogens is 250 g/mol. The molecule has 2 unspecified atom stereocenters. The summed E-state index contributed by atoms with van der Waals surface area (Å²) in [6, 6.07) is 0. The fraction of sp³-hybridized carbons (Fsp3) is 1.00. The van der Waals surface area contributed by atoms with Gasteiger partial charge in [0.1, 0.15) is 0 Å². The molecule has 0 aromatic heterocycles. The van der Waals surface area contributed by atoms with Crippen molar-refractivity contribution < 1.29 is 4.74 Å². The second-order valence-corrected chi connectivity index (χ2v) is 6.59. The van der Waals surface area contributed by atoms with E-state index in [9.17, 15) is 0 Å². The van der Waals surface area contributed by atoms with Crippen LogP contribution in [0.15, 0.2) is 0 Å². The molecule has 0 spiro atoms. The van der Waals surface area contributed by atoms with Crippen molar-refractivity contribution in [1.82, 2.24) is 9.80 Å². The van der Waals surface area contributed by atoms with Gasteiger partial charge in [-0.3, -0.25) is 4.90 Å². The van der Waals surface area contributed by atoms with Crippen molar-refractivity contribution in [3.8, 4) is 0 Å². The van der Waals surface area contributed by atoms with Gasteiger partial charge in [-0.15, -0.1) is 0 Å². The summed E-state index contributed by atoms with van der Waals surface area (Å²) in [5.74, 6) is 0. The van der Waals surface area contributed by atoms with Gasteiger partial charge >= 0.3 is 0 Å². The van der Waals surface area contributed by atoms with Gasteiger partial charge in [0.2, 0.25) is 0 Å². The van der Waals surface area contributed by atoms with Crippen molar-refractivity contribution >= 4 is 0 Å². The Balaban J connectivity index is 1.93. The Labute approximate surface area is 124 Å². The van der Waals surface area contributed by atoms with Crippen LogP contribution < -0.4 is 5.73 Å². The molecule has 0 amide bonds. The van der Waals surface area contributed by atoms with E-state index in [0.29, 0.717) is 6.10 Å². The lowest BCUT2D eigenvalue weighted by Crippen LogP contribution is -2.55. The third kappa shape index (κ3) is 3.94. The van der Waals surface area contributed by atoms with E-state index in [1.807, 2.05) is 0 Å². The molecule has 2 N–H and O–H groups in total. The summed E-state index contributed by atoms with van der Waals surface area (Å²) in [7, 11) is 2.26. The summed E-state index contributed by atoms with van der Waals surface area (Å²) in [6.45, 7) is 8.59. The van der Waals surface area contributed by atoms with Crippen molar-refractivity contribution in [3.63, 3.8) is 0 Å². The number of nitrogens with zero attached hydrogens (tertiary/aromatic N) is 2. The molecule has 2 aliphatic heterocycles. The normalized spacial score (nSPS) is 33.3. The van der Waals surface area contributed by atoms with E-state index >= 15 is 0 Å². The maximum Gasteiger partial charge on any atom is 0.0702 e. The van der Waals surface area contributed by atoms with Gasteiger partial charge in [0, 0.05) is 25.2 Å². The molecule has 2 fully saturated rings. The first-order valence-electron chi connectivity index (χ1n) is 8.45. The van der Waals surface area contributed by atoms with Crippen LogP contribution in [0.25, 0.3) is 0 Å². The maximum absolute atomic E-state index is 6.20. The molecule has 0 aliphatic carbocycles. The van der Waals surface area contributed by atoms with Gasteiger partial charge in [-0.05, 0) is 65.2 Å². The van der Waals surface area contributed by atoms with Crippen LogP contribution in [0, 0.1) is 0 Å². The molecule has 0 bridgehead atoms. The highest BCUT2D eigenvalue weighted by Crippen LogP contribution is 2.28. The molecule has 4 nitrogen and oxygen atoms in total. The lowest BCUT2D eigenvalue weighted by Gasteiger charge is -2.43. The number of hydrogen-bond acceptors (Lipinski definition) is 4. The average molecular weight is 283 g/mol. The fourth-order valence-electron chi connectivity index (χ4n) is 3.74. The van der Waals surface area contributed by atoms with Gasteiger partial charge in [-0.25, -0.2) is 0 Å². The summed E-state index contributed by atoms with van der Waals surface area (Å²) in [5, 5.41) is 0. The number of likely N-dealkylation sites (N-methyl/N-ethyl adjacent to an activating group) is 1. The second-order valence-electron chi connectivity index (χ2n) is 6.59. The first-order valence-corrected chi connectivity index (χ1v) is 8.45. The Hall–Kier alpha value is -0.160. The Bertz CT molecular complexity index is 281. The molecule has 2 atom stereocenters. The van der Waals surface area contributed by atoms with E-state index in [4.69, 9.17) is 10.5 Å². The first-order chi connectivity index (χ1) is 9.70. The summed E-state index contributed by atoms with van der Waals surface area (Å²) in [5.41, 5.74) is 6.38. The Morgan fingerprint density at radius 2 is 2.10 bits per heavy atom. The van der Waals surface area contributed by atoms with E-state index in [1.165, 1.54) is 51.6 Å². The molecule has 2 rings (SSSR count). The third-order valence-electron chi connectivity index (χ3n) is 5.40. The van der Waals surface area contributed by atoms with Crippen LogP contribution in [-0.4, -0.2) is 67.8 Å². The summed E-state index contributed by atoms with van der Waals surface area (Å²) < 4.78 is 5.91. The highest BCUT2D eigenvalue weighted by atomic mass is 16.5. The van der Waals surface area contributed by atoms with Crippen molar-refractivity contribution in [2.45, 2.75) is 57.1 Å². The minimum Gasteiger partial charge on any atom is -0.377 e. The van der Waals surface area contributed by atoms with E-state index in [0.717, 1.165) is 26.2 Å². The minimum atomic E-state index is 0.185. The molecule has 0 aromatic rings. The first kappa shape index (κ1) is 16.2. The highest BCUT2D eigenvalue weighted by molar-refractivity contribution is 4.94. The monoisotopic (exact) mass is 283 g/mol. The SMILES string of the molecule is CCN1CCCC(CN)(N(C)CC2CCCCO2)CC1. The zero-order valence-electron chi connectivity index (χ0n) is 13.4. The van der Waals surface area contributed by atoms with Crippen LogP contribution in [0.2, 0.25) is 0 Å². The molecule has 118 valence electrons. The average Bonchev–Trinajstić information content (AvgIpc) is 2.71. The van der Waals surface area contributed by atoms with Gasteiger partial charge in [-0.1, -0.05) is 6.92 Å². The summed E-state index contributed by atoms with van der Waals surface area (Å²) in [6.07, 6.45) is 7.87. The van der Waals surface area contributed by atoms with Crippen LogP contribution in [0.5, 0.6) is 0 Å². The predicted octanol–water partition coefficient (Wildman–Crippen LogP) is 1.69. The molecule has 4 heteroatoms. The van der Waals surface area contributed by atoms with E-state index in [2.05, 4.69) is 23.8 Å². The molecule has 2 heterocycles. The van der Waals surface area contributed by atoms with Gasteiger partial charge in [0.05, 0.1) is 6.10 Å². The molecule has 0 saturated carbocycles. The van der Waals surface area contributed by atoms with Crippen LogP contribution >= 0.6 is 0 Å². The van der Waals surface area contributed by atoms with Crippen LogP contribution in [-0.2, 0) is 4.74 Å². The summed E-state index contributed by atoms with van der Waals surface area (Å²) >= 11 is 0. The molecule has 2 saturated heterocycles. The largest absolute Gasteiger partial charge is 0.377 e. The number of nitrogens with two attached hydrogens (primary N) is 1. The molecule has 20 heavy (non-hydrogen) atoms. The van der Waals surface area contributed by atoms with Gasteiger partial charge < -0.3 is 15.4 Å². The van der Waals surface area contributed by atoms with E-state index in [-0.39, 0.29) is 5.54 Å². The second kappa shape index (κ2) is 7.74. The number of rotatable bonds is 5. The fourth-order valence-corrected chi connectivity index (χ4v) is 3.74. The molecule has 0 aromatic carbocycles. The van der Waals surface area contributed by atoms with Crippen molar-refractivity contribution in [2.24, 2.45) is 5.73 Å². The van der Waals surface area contributed by atoms with E-state index in [1.54, 1.807) is 0 Å². The number of likely N-dealkylation sites (tertiary alicyclic amines) is 1. The van der Waals surface area contributed by atoms with E-state index < -0.39 is 0 Å². The molecule has 2 aliphatic rings. The van der Waals surface area contributed by atoms with Crippen molar-refractivity contribution in [1.29, 1.82) is 0 Å². The summed E-state index contributed by atoms with van der Waals surface area (Å²) in [4.78, 5) is 5.07. The van der Waals surface area contributed by atoms with Gasteiger partial charge in [0.15, 0.2) is 0 Å².